The Balaban J connectivity index is 1.45. The second-order valence-corrected chi connectivity index (χ2v) is 8.01. The maximum absolute atomic E-state index is 13.1. The molecule has 28 heavy (non-hydrogen) atoms. The van der Waals surface area contributed by atoms with Gasteiger partial charge in [-0.15, -0.1) is 0 Å². The number of H-pyrrole nitrogens is 1. The summed E-state index contributed by atoms with van der Waals surface area (Å²) in [5.74, 6) is 1.55. The molecule has 0 spiro atoms. The van der Waals surface area contributed by atoms with Gasteiger partial charge in [-0.2, -0.15) is 0 Å². The molecule has 3 heterocycles. The van der Waals surface area contributed by atoms with Gasteiger partial charge >= 0.3 is 0 Å². The van der Waals surface area contributed by atoms with Crippen LogP contribution in [0.4, 0.5) is 0 Å². The SMILES string of the molecule is CN(C)CCCn1ccnc1[C@H]1CCCN(C(=O)c2ccc3cc[nH]c3c2)C1. The van der Waals surface area contributed by atoms with Crippen LogP contribution in [-0.2, 0) is 6.54 Å². The Labute approximate surface area is 166 Å². The molecule has 1 amide bonds. The quantitative estimate of drug-likeness (QED) is 0.715. The van der Waals surface area contributed by atoms with Crippen molar-refractivity contribution in [3.8, 4) is 0 Å². The Morgan fingerprint density at radius 1 is 1.32 bits per heavy atom. The van der Waals surface area contributed by atoms with Crippen molar-refractivity contribution in [2.45, 2.75) is 31.7 Å². The number of aromatic amines is 1. The van der Waals surface area contributed by atoms with Crippen molar-refractivity contribution in [3.05, 3.63) is 54.2 Å². The van der Waals surface area contributed by atoms with Gasteiger partial charge in [-0.05, 0) is 63.5 Å². The molecule has 3 aromatic rings. The number of carbonyl (C=O) groups excluding carboxylic acids is 1. The number of benzene rings is 1. The first kappa shape index (κ1) is 18.7. The Kier molecular flexibility index (Phi) is 5.48. The summed E-state index contributed by atoms with van der Waals surface area (Å²) >= 11 is 0. The van der Waals surface area contributed by atoms with E-state index in [1.807, 2.05) is 41.6 Å². The highest BCUT2D eigenvalue weighted by molar-refractivity contribution is 5.98. The zero-order chi connectivity index (χ0) is 19.5. The fourth-order valence-electron chi connectivity index (χ4n) is 4.16. The van der Waals surface area contributed by atoms with E-state index >= 15 is 0 Å². The molecule has 148 valence electrons. The summed E-state index contributed by atoms with van der Waals surface area (Å²) in [6, 6.07) is 7.93. The first-order valence-electron chi connectivity index (χ1n) is 10.1. The monoisotopic (exact) mass is 379 g/mol. The molecule has 0 aliphatic carbocycles. The van der Waals surface area contributed by atoms with E-state index in [0.717, 1.165) is 67.7 Å². The van der Waals surface area contributed by atoms with Gasteiger partial charge in [0.1, 0.15) is 5.82 Å². The second-order valence-electron chi connectivity index (χ2n) is 8.01. The lowest BCUT2D eigenvalue weighted by molar-refractivity contribution is 0.0703. The molecule has 0 bridgehead atoms. The number of amides is 1. The highest BCUT2D eigenvalue weighted by atomic mass is 16.2. The highest BCUT2D eigenvalue weighted by Gasteiger charge is 2.28. The third-order valence-corrected chi connectivity index (χ3v) is 5.63. The minimum absolute atomic E-state index is 0.118. The lowest BCUT2D eigenvalue weighted by Crippen LogP contribution is -2.39. The van der Waals surface area contributed by atoms with Crippen LogP contribution in [0, 0.1) is 0 Å². The van der Waals surface area contributed by atoms with Gasteiger partial charge in [-0.1, -0.05) is 6.07 Å². The standard InChI is InChI=1S/C22H29N5O/c1-25(2)11-4-13-26-14-10-24-21(26)19-5-3-12-27(16-19)22(28)18-7-6-17-8-9-23-20(17)15-18/h6-10,14-15,19,23H,3-5,11-13,16H2,1-2H3/t19-/m0/s1. The first-order valence-corrected chi connectivity index (χ1v) is 10.1. The normalized spacial score (nSPS) is 17.5. The number of fused-ring (bicyclic) bond motifs is 1. The van der Waals surface area contributed by atoms with Crippen molar-refractivity contribution in [1.82, 2.24) is 24.3 Å². The van der Waals surface area contributed by atoms with Crippen LogP contribution in [0.2, 0.25) is 0 Å². The van der Waals surface area contributed by atoms with Gasteiger partial charge in [-0.3, -0.25) is 4.79 Å². The summed E-state index contributed by atoms with van der Waals surface area (Å²) in [6.45, 7) is 3.60. The van der Waals surface area contributed by atoms with Gasteiger partial charge in [0, 0.05) is 55.2 Å². The number of imidazole rings is 1. The van der Waals surface area contributed by atoms with Crippen LogP contribution in [0.1, 0.15) is 41.4 Å². The number of aromatic nitrogens is 3. The summed E-state index contributed by atoms with van der Waals surface area (Å²) in [5, 5.41) is 1.13. The second kappa shape index (κ2) is 8.19. The van der Waals surface area contributed by atoms with Crippen LogP contribution in [-0.4, -0.2) is 64.0 Å². The molecule has 1 aliphatic rings. The molecular formula is C22H29N5O. The maximum atomic E-state index is 13.1. The largest absolute Gasteiger partial charge is 0.361 e. The molecule has 4 rings (SSSR count). The summed E-state index contributed by atoms with van der Waals surface area (Å²) in [7, 11) is 4.20. The summed E-state index contributed by atoms with van der Waals surface area (Å²) in [4.78, 5) is 25.1. The van der Waals surface area contributed by atoms with E-state index in [-0.39, 0.29) is 5.91 Å². The van der Waals surface area contributed by atoms with E-state index < -0.39 is 0 Å². The Hall–Kier alpha value is -2.60. The van der Waals surface area contributed by atoms with Crippen molar-refractivity contribution in [2.24, 2.45) is 0 Å². The fourth-order valence-corrected chi connectivity index (χ4v) is 4.16. The number of rotatable bonds is 6. The van der Waals surface area contributed by atoms with E-state index in [0.29, 0.717) is 5.92 Å². The van der Waals surface area contributed by atoms with Crippen LogP contribution in [0.15, 0.2) is 42.9 Å². The molecule has 2 aromatic heterocycles. The van der Waals surface area contributed by atoms with Crippen LogP contribution in [0.3, 0.4) is 0 Å². The number of nitrogens with zero attached hydrogens (tertiary/aromatic N) is 4. The van der Waals surface area contributed by atoms with Gasteiger partial charge in [0.05, 0.1) is 0 Å². The zero-order valence-corrected chi connectivity index (χ0v) is 16.8. The maximum Gasteiger partial charge on any atom is 0.253 e. The van der Waals surface area contributed by atoms with Gasteiger partial charge in [0.15, 0.2) is 0 Å². The van der Waals surface area contributed by atoms with Crippen LogP contribution in [0.25, 0.3) is 10.9 Å². The number of nitrogens with one attached hydrogen (secondary N) is 1. The van der Waals surface area contributed by atoms with Crippen molar-refractivity contribution >= 4 is 16.8 Å². The Morgan fingerprint density at radius 3 is 3.07 bits per heavy atom. The average molecular weight is 380 g/mol. The summed E-state index contributed by atoms with van der Waals surface area (Å²) < 4.78 is 2.27. The van der Waals surface area contributed by atoms with Crippen molar-refractivity contribution in [2.75, 3.05) is 33.7 Å². The topological polar surface area (TPSA) is 57.2 Å². The van der Waals surface area contributed by atoms with E-state index in [9.17, 15) is 4.79 Å². The van der Waals surface area contributed by atoms with Crippen LogP contribution >= 0.6 is 0 Å². The number of hydrogen-bond acceptors (Lipinski definition) is 3. The molecule has 1 atom stereocenters. The van der Waals surface area contributed by atoms with Gasteiger partial charge in [-0.25, -0.2) is 4.98 Å². The molecule has 0 unspecified atom stereocenters. The number of piperidine rings is 1. The minimum Gasteiger partial charge on any atom is -0.361 e. The lowest BCUT2D eigenvalue weighted by atomic mass is 9.96. The number of likely N-dealkylation sites (tertiary alicyclic amines) is 1. The Morgan fingerprint density at radius 2 is 2.21 bits per heavy atom. The van der Waals surface area contributed by atoms with E-state index in [1.165, 1.54) is 0 Å². The third-order valence-electron chi connectivity index (χ3n) is 5.63. The van der Waals surface area contributed by atoms with E-state index in [1.54, 1.807) is 0 Å². The molecule has 6 heteroatoms. The first-order chi connectivity index (χ1) is 13.6. The predicted octanol–water partition coefficient (Wildman–Crippen LogP) is 3.34. The number of hydrogen-bond donors (Lipinski definition) is 1. The smallest absolute Gasteiger partial charge is 0.253 e. The van der Waals surface area contributed by atoms with Gasteiger partial charge in [0.2, 0.25) is 0 Å². The molecule has 1 saturated heterocycles. The third kappa shape index (κ3) is 3.97. The summed E-state index contributed by atoms with van der Waals surface area (Å²) in [6.07, 6.45) is 9.08. The molecule has 0 radical (unpaired) electrons. The molecule has 6 nitrogen and oxygen atoms in total. The summed E-state index contributed by atoms with van der Waals surface area (Å²) in [5.41, 5.74) is 1.76. The zero-order valence-electron chi connectivity index (χ0n) is 16.8. The molecule has 1 N–H and O–H groups in total. The van der Waals surface area contributed by atoms with Crippen molar-refractivity contribution in [3.63, 3.8) is 0 Å². The molecular weight excluding hydrogens is 350 g/mol. The average Bonchev–Trinajstić information content (AvgIpc) is 3.36. The highest BCUT2D eigenvalue weighted by Crippen LogP contribution is 2.27. The van der Waals surface area contributed by atoms with E-state index in [4.69, 9.17) is 0 Å². The van der Waals surface area contributed by atoms with Crippen LogP contribution < -0.4 is 0 Å². The minimum atomic E-state index is 0.118. The van der Waals surface area contributed by atoms with Gasteiger partial charge in [0.25, 0.3) is 5.91 Å². The Bertz CT molecular complexity index is 941. The van der Waals surface area contributed by atoms with Gasteiger partial charge < -0.3 is 19.4 Å². The molecule has 1 aromatic carbocycles. The molecule has 1 aliphatic heterocycles. The van der Waals surface area contributed by atoms with Crippen LogP contribution in [0.5, 0.6) is 0 Å². The lowest BCUT2D eigenvalue weighted by Gasteiger charge is -2.33. The fraction of sp³-hybridized carbons (Fsp3) is 0.455. The predicted molar refractivity (Wildman–Crippen MR) is 112 cm³/mol. The molecule has 0 saturated carbocycles. The number of carbonyl (C=O) groups is 1. The van der Waals surface area contributed by atoms with E-state index in [2.05, 4.69) is 39.7 Å². The molecule has 1 fully saturated rings. The number of aryl methyl sites for hydroxylation is 1. The van der Waals surface area contributed by atoms with Crippen molar-refractivity contribution < 1.29 is 4.79 Å². The van der Waals surface area contributed by atoms with Crippen molar-refractivity contribution in [1.29, 1.82) is 0 Å².